The van der Waals surface area contributed by atoms with E-state index in [0.717, 1.165) is 16.6 Å². The van der Waals surface area contributed by atoms with Crippen molar-refractivity contribution in [2.24, 2.45) is 0 Å². The van der Waals surface area contributed by atoms with Gasteiger partial charge in [-0.2, -0.15) is 0 Å². The number of fused-ring (bicyclic) bond motifs is 1. The second kappa shape index (κ2) is 2.52. The van der Waals surface area contributed by atoms with Crippen LogP contribution in [0, 0.1) is 6.92 Å². The molecule has 1 nitrogen and oxygen atoms in total. The van der Waals surface area contributed by atoms with Crippen molar-refractivity contribution in [1.82, 2.24) is 0 Å². The molecule has 0 bridgehead atoms. The Hall–Kier alpha value is -1.50. The lowest BCUT2D eigenvalue weighted by atomic mass is 10.1. The molecule has 2 N–H and O–H groups in total. The molecule has 2 aromatic carbocycles. The Morgan fingerprint density at radius 2 is 1.83 bits per heavy atom. The molecule has 0 spiro atoms. The molecule has 0 atom stereocenters. The first-order valence-corrected chi connectivity index (χ1v) is 3.87. The van der Waals surface area contributed by atoms with Gasteiger partial charge in [-0.05, 0) is 35.4 Å². The van der Waals surface area contributed by atoms with Crippen LogP contribution in [0.3, 0.4) is 0 Å². The highest BCUT2D eigenvalue weighted by molar-refractivity contribution is 5.89. The Balaban J connectivity index is 2.89. The highest BCUT2D eigenvalue weighted by atomic mass is 14.5. The van der Waals surface area contributed by atoms with Crippen molar-refractivity contribution >= 4 is 16.5 Å². The molecule has 0 saturated carbocycles. The van der Waals surface area contributed by atoms with E-state index in [1.54, 1.807) is 0 Å². The second-order valence-electron chi connectivity index (χ2n) is 2.90. The molecule has 0 aliphatic rings. The van der Waals surface area contributed by atoms with Gasteiger partial charge in [-0.15, -0.1) is 0 Å². The minimum absolute atomic E-state index is 0.777. The summed E-state index contributed by atoms with van der Waals surface area (Å²) in [5, 5.41) is 2.33. The lowest BCUT2D eigenvalue weighted by molar-refractivity contribution is 1.66. The minimum atomic E-state index is 0.777. The van der Waals surface area contributed by atoms with Crippen LogP contribution >= 0.6 is 0 Å². The first kappa shape index (κ1) is 7.17. The standard InChI is InChI=1S/C11H10N/c1-8-6-10(12)7-9-4-2-3-5-11(8)9/h2-7H,1,12H2. The van der Waals surface area contributed by atoms with Gasteiger partial charge >= 0.3 is 0 Å². The third kappa shape index (κ3) is 1.03. The van der Waals surface area contributed by atoms with Gasteiger partial charge in [0, 0.05) is 5.69 Å². The van der Waals surface area contributed by atoms with Crippen molar-refractivity contribution in [3.05, 3.63) is 48.9 Å². The number of hydrogen-bond donors (Lipinski definition) is 1. The highest BCUT2D eigenvalue weighted by Crippen LogP contribution is 2.20. The summed E-state index contributed by atoms with van der Waals surface area (Å²) in [7, 11) is 0. The Bertz CT molecular complexity index is 418. The van der Waals surface area contributed by atoms with Crippen molar-refractivity contribution in [2.45, 2.75) is 0 Å². The molecule has 1 radical (unpaired) electrons. The fourth-order valence-electron chi connectivity index (χ4n) is 1.42. The first-order chi connectivity index (χ1) is 5.77. The van der Waals surface area contributed by atoms with Crippen LogP contribution in [0.1, 0.15) is 5.56 Å². The van der Waals surface area contributed by atoms with Gasteiger partial charge < -0.3 is 5.73 Å². The number of nitrogen functional groups attached to an aromatic ring is 1. The molecular formula is C11H10N. The van der Waals surface area contributed by atoms with Crippen LogP contribution in [-0.4, -0.2) is 0 Å². The van der Waals surface area contributed by atoms with Crippen molar-refractivity contribution in [2.75, 3.05) is 5.73 Å². The van der Waals surface area contributed by atoms with Gasteiger partial charge in [0.15, 0.2) is 0 Å². The normalized spacial score (nSPS) is 10.4. The third-order valence-electron chi connectivity index (χ3n) is 1.97. The zero-order valence-corrected chi connectivity index (χ0v) is 6.75. The predicted octanol–water partition coefficient (Wildman–Crippen LogP) is 2.60. The van der Waals surface area contributed by atoms with E-state index in [4.69, 9.17) is 5.73 Å². The van der Waals surface area contributed by atoms with Crippen LogP contribution in [0.4, 0.5) is 5.69 Å². The Morgan fingerprint density at radius 3 is 2.67 bits per heavy atom. The maximum absolute atomic E-state index is 5.68. The molecule has 2 rings (SSSR count). The highest BCUT2D eigenvalue weighted by Gasteiger charge is 1.96. The zero-order chi connectivity index (χ0) is 8.55. The number of rotatable bonds is 0. The summed E-state index contributed by atoms with van der Waals surface area (Å²) in [6.45, 7) is 3.93. The molecule has 59 valence electrons. The molecule has 0 aromatic heterocycles. The van der Waals surface area contributed by atoms with Gasteiger partial charge in [-0.25, -0.2) is 0 Å². The zero-order valence-electron chi connectivity index (χ0n) is 6.75. The summed E-state index contributed by atoms with van der Waals surface area (Å²) >= 11 is 0. The molecule has 0 amide bonds. The molecule has 0 aliphatic carbocycles. The smallest absolute Gasteiger partial charge is 0.0323 e. The quantitative estimate of drug-likeness (QED) is 0.583. The summed E-state index contributed by atoms with van der Waals surface area (Å²) in [6.07, 6.45) is 0. The molecule has 0 unspecified atom stereocenters. The fraction of sp³-hybridized carbons (Fsp3) is 0. The lowest BCUT2D eigenvalue weighted by Gasteiger charge is -2.02. The van der Waals surface area contributed by atoms with E-state index in [1.165, 1.54) is 5.39 Å². The van der Waals surface area contributed by atoms with Crippen LogP contribution in [-0.2, 0) is 0 Å². The monoisotopic (exact) mass is 156 g/mol. The molecule has 1 heteroatoms. The van der Waals surface area contributed by atoms with Gasteiger partial charge in [0.05, 0.1) is 0 Å². The van der Waals surface area contributed by atoms with Gasteiger partial charge in [0.25, 0.3) is 0 Å². The Morgan fingerprint density at radius 1 is 1.08 bits per heavy atom. The molecule has 0 saturated heterocycles. The van der Waals surface area contributed by atoms with E-state index >= 15 is 0 Å². The molecule has 0 aliphatic heterocycles. The predicted molar refractivity (Wildman–Crippen MR) is 52.8 cm³/mol. The van der Waals surface area contributed by atoms with Crippen molar-refractivity contribution < 1.29 is 0 Å². The van der Waals surface area contributed by atoms with Crippen molar-refractivity contribution in [3.8, 4) is 0 Å². The summed E-state index contributed by atoms with van der Waals surface area (Å²) in [5.41, 5.74) is 7.45. The third-order valence-corrected chi connectivity index (χ3v) is 1.97. The van der Waals surface area contributed by atoms with Gasteiger partial charge in [-0.1, -0.05) is 24.3 Å². The SMILES string of the molecule is [CH2]c1cc(N)cc2ccccc12. The maximum atomic E-state index is 5.68. The molecule has 0 heterocycles. The van der Waals surface area contributed by atoms with Gasteiger partial charge in [-0.3, -0.25) is 0 Å². The van der Waals surface area contributed by atoms with Crippen molar-refractivity contribution in [1.29, 1.82) is 0 Å². The minimum Gasteiger partial charge on any atom is -0.399 e. The van der Waals surface area contributed by atoms with E-state index in [2.05, 4.69) is 13.0 Å². The number of benzene rings is 2. The van der Waals surface area contributed by atoms with E-state index in [-0.39, 0.29) is 0 Å². The van der Waals surface area contributed by atoms with E-state index in [0.29, 0.717) is 0 Å². The second-order valence-corrected chi connectivity index (χ2v) is 2.90. The average molecular weight is 156 g/mol. The van der Waals surface area contributed by atoms with Gasteiger partial charge in [0.2, 0.25) is 0 Å². The fourth-order valence-corrected chi connectivity index (χ4v) is 1.42. The molecular weight excluding hydrogens is 146 g/mol. The Kier molecular flexibility index (Phi) is 1.51. The molecule has 2 aromatic rings. The largest absolute Gasteiger partial charge is 0.399 e. The summed E-state index contributed by atoms with van der Waals surface area (Å²) in [5.74, 6) is 0. The van der Waals surface area contributed by atoms with Crippen LogP contribution in [0.2, 0.25) is 0 Å². The lowest BCUT2D eigenvalue weighted by Crippen LogP contribution is -1.86. The van der Waals surface area contributed by atoms with E-state index in [1.807, 2.05) is 30.3 Å². The number of nitrogens with two attached hydrogens (primary N) is 1. The van der Waals surface area contributed by atoms with Crippen molar-refractivity contribution in [3.63, 3.8) is 0 Å². The summed E-state index contributed by atoms with van der Waals surface area (Å²) in [4.78, 5) is 0. The summed E-state index contributed by atoms with van der Waals surface area (Å²) in [6, 6.07) is 12.0. The number of anilines is 1. The van der Waals surface area contributed by atoms with Crippen LogP contribution in [0.25, 0.3) is 10.8 Å². The average Bonchev–Trinajstić information content (AvgIpc) is 2.04. The molecule has 12 heavy (non-hydrogen) atoms. The maximum Gasteiger partial charge on any atom is 0.0323 e. The number of hydrogen-bond acceptors (Lipinski definition) is 1. The van der Waals surface area contributed by atoms with E-state index < -0.39 is 0 Å². The topological polar surface area (TPSA) is 26.0 Å². The Labute approximate surface area is 71.8 Å². The van der Waals surface area contributed by atoms with Crippen LogP contribution in [0.15, 0.2) is 36.4 Å². The summed E-state index contributed by atoms with van der Waals surface area (Å²) < 4.78 is 0. The van der Waals surface area contributed by atoms with Gasteiger partial charge in [0.1, 0.15) is 0 Å². The molecule has 0 fully saturated rings. The first-order valence-electron chi connectivity index (χ1n) is 3.87. The van der Waals surface area contributed by atoms with Crippen LogP contribution in [0.5, 0.6) is 0 Å². The van der Waals surface area contributed by atoms with E-state index in [9.17, 15) is 0 Å². The van der Waals surface area contributed by atoms with Crippen LogP contribution < -0.4 is 5.73 Å².